The van der Waals surface area contributed by atoms with Crippen molar-refractivity contribution in [3.05, 3.63) is 52.7 Å². The zero-order valence-corrected chi connectivity index (χ0v) is 15.9. The Morgan fingerprint density at radius 3 is 2.33 bits per heavy atom. The zero-order valence-electron chi connectivity index (χ0n) is 15.9. The molecule has 0 unspecified atom stereocenters. The molecule has 0 atom stereocenters. The first-order valence-electron chi connectivity index (χ1n) is 9.16. The Kier molecular flexibility index (Phi) is 6.55. The predicted molar refractivity (Wildman–Crippen MR) is 107 cm³/mol. The van der Waals surface area contributed by atoms with Gasteiger partial charge in [-0.3, -0.25) is 9.59 Å². The van der Waals surface area contributed by atoms with Crippen LogP contribution in [0, 0.1) is 0 Å². The molecular weight excluding hydrogens is 394 g/mol. The molecule has 3 rings (SSSR count). The van der Waals surface area contributed by atoms with E-state index in [1.54, 1.807) is 24.3 Å². The van der Waals surface area contributed by atoms with Gasteiger partial charge in [0.05, 0.1) is 13.2 Å². The van der Waals surface area contributed by atoms with Gasteiger partial charge in [0, 0.05) is 30.8 Å². The third-order valence-electron chi connectivity index (χ3n) is 4.42. The minimum absolute atomic E-state index is 0.00963. The molecule has 0 aliphatic carbocycles. The Hall–Kier alpha value is -3.56. The minimum Gasteiger partial charge on any atom is -0.504 e. The van der Waals surface area contributed by atoms with E-state index in [9.17, 15) is 19.8 Å². The summed E-state index contributed by atoms with van der Waals surface area (Å²) in [4.78, 5) is 25.9. The van der Waals surface area contributed by atoms with Gasteiger partial charge in [-0.05, 0) is 0 Å². The second-order valence-corrected chi connectivity index (χ2v) is 6.40. The highest BCUT2D eigenvalue weighted by Crippen LogP contribution is 2.41. The first-order chi connectivity index (χ1) is 14.5. The van der Waals surface area contributed by atoms with Crippen molar-refractivity contribution in [2.45, 2.75) is 0 Å². The van der Waals surface area contributed by atoms with Gasteiger partial charge in [-0.1, -0.05) is 30.3 Å². The Balaban J connectivity index is 1.93. The van der Waals surface area contributed by atoms with Crippen LogP contribution in [0.2, 0.25) is 0 Å². The van der Waals surface area contributed by atoms with Gasteiger partial charge in [-0.25, -0.2) is 0 Å². The number of carbonyl (C=O) groups is 1. The normalized spacial score (nSPS) is 10.9. The third-order valence-corrected chi connectivity index (χ3v) is 4.42. The largest absolute Gasteiger partial charge is 0.504 e. The number of rotatable bonds is 8. The summed E-state index contributed by atoms with van der Waals surface area (Å²) in [6.07, 6.45) is 0. The summed E-state index contributed by atoms with van der Waals surface area (Å²) in [5.74, 6) is -1.93. The van der Waals surface area contributed by atoms with Crippen molar-refractivity contribution in [3.8, 4) is 28.6 Å². The number of carbonyl (C=O) groups excluding carboxylic acids is 1. The number of ether oxygens (including phenoxy) is 1. The number of aromatic hydroxyl groups is 2. The second-order valence-electron chi connectivity index (χ2n) is 6.40. The summed E-state index contributed by atoms with van der Waals surface area (Å²) in [5.41, 5.74) is 0.0532. The number of phenolic OH excluding ortho intramolecular Hbond substituents is 2. The maximum absolute atomic E-state index is 12.6. The van der Waals surface area contributed by atoms with Crippen LogP contribution in [0.5, 0.6) is 17.2 Å². The van der Waals surface area contributed by atoms with Crippen LogP contribution in [-0.4, -0.2) is 64.1 Å². The fourth-order valence-electron chi connectivity index (χ4n) is 2.99. The van der Waals surface area contributed by atoms with Gasteiger partial charge >= 0.3 is 0 Å². The molecule has 30 heavy (non-hydrogen) atoms. The molecular formula is C21H21NO8. The van der Waals surface area contributed by atoms with E-state index in [1.165, 1.54) is 6.07 Å². The molecule has 0 bridgehead atoms. The summed E-state index contributed by atoms with van der Waals surface area (Å²) in [6.45, 7) is -1.21. The van der Waals surface area contributed by atoms with Crippen LogP contribution in [0.1, 0.15) is 0 Å². The molecule has 1 aromatic heterocycles. The van der Waals surface area contributed by atoms with Crippen LogP contribution in [0.15, 0.2) is 51.7 Å². The average Bonchev–Trinajstić information content (AvgIpc) is 2.73. The van der Waals surface area contributed by atoms with E-state index in [0.29, 0.717) is 5.56 Å². The second kappa shape index (κ2) is 9.29. The lowest BCUT2D eigenvalue weighted by molar-refractivity contribution is -0.134. The number of amides is 1. The maximum atomic E-state index is 12.6. The van der Waals surface area contributed by atoms with Crippen molar-refractivity contribution >= 4 is 16.9 Å². The number of benzene rings is 2. The minimum atomic E-state index is -0.651. The van der Waals surface area contributed by atoms with Crippen molar-refractivity contribution in [2.75, 3.05) is 32.9 Å². The van der Waals surface area contributed by atoms with Gasteiger partial charge in [0.2, 0.25) is 5.75 Å². The molecule has 3 aromatic rings. The van der Waals surface area contributed by atoms with E-state index >= 15 is 0 Å². The van der Waals surface area contributed by atoms with Gasteiger partial charge in [0.25, 0.3) is 5.91 Å². The summed E-state index contributed by atoms with van der Waals surface area (Å²) >= 11 is 0. The van der Waals surface area contributed by atoms with Crippen molar-refractivity contribution in [1.82, 2.24) is 4.90 Å². The van der Waals surface area contributed by atoms with Gasteiger partial charge in [-0.15, -0.1) is 0 Å². The molecule has 9 nitrogen and oxygen atoms in total. The molecule has 0 saturated heterocycles. The molecule has 1 amide bonds. The number of phenols is 2. The summed E-state index contributed by atoms with van der Waals surface area (Å²) in [5, 5.41) is 38.5. The number of aliphatic hydroxyl groups is 2. The lowest BCUT2D eigenvalue weighted by Crippen LogP contribution is -2.38. The first kappa shape index (κ1) is 21.2. The van der Waals surface area contributed by atoms with Crippen LogP contribution < -0.4 is 10.2 Å². The lowest BCUT2D eigenvalue weighted by atomic mass is 10.1. The van der Waals surface area contributed by atoms with Crippen LogP contribution in [-0.2, 0) is 4.79 Å². The fourth-order valence-corrected chi connectivity index (χ4v) is 2.99. The number of nitrogens with zero attached hydrogens (tertiary/aromatic N) is 1. The van der Waals surface area contributed by atoms with Gasteiger partial charge in [-0.2, -0.15) is 0 Å². The number of hydrogen-bond donors (Lipinski definition) is 4. The van der Waals surface area contributed by atoms with Crippen molar-refractivity contribution < 1.29 is 34.4 Å². The highest BCUT2D eigenvalue weighted by Gasteiger charge is 2.21. The number of hydrogen-bond acceptors (Lipinski definition) is 8. The van der Waals surface area contributed by atoms with Crippen LogP contribution in [0.3, 0.4) is 0 Å². The third kappa shape index (κ3) is 4.37. The van der Waals surface area contributed by atoms with Crippen LogP contribution >= 0.6 is 0 Å². The molecule has 0 fully saturated rings. The van der Waals surface area contributed by atoms with Crippen LogP contribution in [0.25, 0.3) is 22.3 Å². The van der Waals surface area contributed by atoms with E-state index < -0.39 is 35.2 Å². The Bertz CT molecular complexity index is 1090. The van der Waals surface area contributed by atoms with Crippen molar-refractivity contribution in [3.63, 3.8) is 0 Å². The fraction of sp³-hybridized carbons (Fsp3) is 0.238. The quantitative estimate of drug-likeness (QED) is 0.428. The van der Waals surface area contributed by atoms with Crippen molar-refractivity contribution in [2.24, 2.45) is 0 Å². The molecule has 4 N–H and O–H groups in total. The maximum Gasteiger partial charge on any atom is 0.260 e. The number of fused-ring (bicyclic) bond motifs is 1. The standard InChI is InChI=1S/C21H21NO8/c23-8-6-22(7-9-24)18(27)12-29-21-15(26)11-17-19(20(21)28)14(25)10-16(30-17)13-4-2-1-3-5-13/h1-5,10-11,23-24,26,28H,6-9,12H2. The smallest absolute Gasteiger partial charge is 0.260 e. The van der Waals surface area contributed by atoms with Gasteiger partial charge < -0.3 is 34.5 Å². The Morgan fingerprint density at radius 2 is 1.70 bits per heavy atom. The lowest BCUT2D eigenvalue weighted by Gasteiger charge is -2.21. The van der Waals surface area contributed by atoms with Crippen LogP contribution in [0.4, 0.5) is 0 Å². The topological polar surface area (TPSA) is 141 Å². The first-order valence-corrected chi connectivity index (χ1v) is 9.16. The Morgan fingerprint density at radius 1 is 1.03 bits per heavy atom. The molecule has 0 aliphatic rings. The summed E-state index contributed by atoms with van der Waals surface area (Å²) < 4.78 is 10.9. The zero-order chi connectivity index (χ0) is 21.7. The number of aliphatic hydroxyl groups excluding tert-OH is 2. The van der Waals surface area contributed by atoms with Gasteiger partial charge in [0.15, 0.2) is 23.5 Å². The summed E-state index contributed by atoms with van der Waals surface area (Å²) in [6, 6.07) is 11.2. The molecule has 0 aliphatic heterocycles. The van der Waals surface area contributed by atoms with E-state index in [2.05, 4.69) is 0 Å². The average molecular weight is 415 g/mol. The highest BCUT2D eigenvalue weighted by molar-refractivity contribution is 5.89. The monoisotopic (exact) mass is 415 g/mol. The summed E-state index contributed by atoms with van der Waals surface area (Å²) in [7, 11) is 0. The Labute approximate surface area is 171 Å². The van der Waals surface area contributed by atoms with Gasteiger partial charge in [0.1, 0.15) is 16.7 Å². The van der Waals surface area contributed by atoms with Crippen molar-refractivity contribution in [1.29, 1.82) is 0 Å². The molecule has 0 radical (unpaired) electrons. The molecule has 2 aromatic carbocycles. The molecule has 158 valence electrons. The molecule has 9 heteroatoms. The predicted octanol–water partition coefficient (Wildman–Crippen LogP) is 1.06. The van der Waals surface area contributed by atoms with E-state index in [4.69, 9.17) is 19.4 Å². The molecule has 0 spiro atoms. The molecule has 1 heterocycles. The van der Waals surface area contributed by atoms with E-state index in [0.717, 1.165) is 11.0 Å². The van der Waals surface area contributed by atoms with E-state index in [-0.39, 0.29) is 43.0 Å². The molecule has 0 saturated carbocycles. The highest BCUT2D eigenvalue weighted by atomic mass is 16.5. The SMILES string of the molecule is O=C(COc1c(O)cc2oc(-c3ccccc3)cc(=O)c2c1O)N(CCO)CCO. The van der Waals surface area contributed by atoms with E-state index in [1.807, 2.05) is 6.07 Å².